The summed E-state index contributed by atoms with van der Waals surface area (Å²) < 4.78 is 17.9. The second kappa shape index (κ2) is 15.7. The van der Waals surface area contributed by atoms with Crippen molar-refractivity contribution < 1.29 is 45.9 Å². The molecule has 0 saturated heterocycles. The molecule has 2 aliphatic carbocycles. The molecular weight excluding hydrogens is 704 g/mol. The van der Waals surface area contributed by atoms with Crippen LogP contribution in [0.5, 0.6) is 11.5 Å². The number of benzene rings is 3. The van der Waals surface area contributed by atoms with Crippen molar-refractivity contribution in [3.63, 3.8) is 0 Å². The van der Waals surface area contributed by atoms with Crippen LogP contribution in [-0.4, -0.2) is 36.2 Å². The van der Waals surface area contributed by atoms with Crippen LogP contribution in [0.25, 0.3) is 16.7 Å². The summed E-state index contributed by atoms with van der Waals surface area (Å²) in [4.78, 5) is 29.7. The van der Waals surface area contributed by atoms with Gasteiger partial charge >= 0.3 is 11.9 Å². The number of allylic oxidation sites excluding steroid dienone is 2. The molecule has 5 aliphatic rings. The minimum Gasteiger partial charge on any atom is -0.462 e. The third-order valence-electron chi connectivity index (χ3n) is 10.8. The Morgan fingerprint density at radius 3 is 2.15 bits per heavy atom. The minimum atomic E-state index is -0.463. The Balaban J connectivity index is 0.000000741. The van der Waals surface area contributed by atoms with E-state index in [-0.39, 0.29) is 53.2 Å². The van der Waals surface area contributed by atoms with E-state index in [0.717, 1.165) is 69.8 Å². The van der Waals surface area contributed by atoms with Crippen LogP contribution in [-0.2, 0) is 31.3 Å². The fourth-order valence-corrected chi connectivity index (χ4v) is 8.53. The quantitative estimate of drug-likeness (QED) is 0.121. The topological polar surface area (TPSA) is 87.8 Å². The van der Waals surface area contributed by atoms with E-state index in [9.17, 15) is 9.59 Å². The van der Waals surface area contributed by atoms with Crippen LogP contribution in [0, 0.1) is 5.92 Å². The van der Waals surface area contributed by atoms with Crippen molar-refractivity contribution in [3.05, 3.63) is 99.1 Å². The number of ether oxygens (including phenoxy) is 3. The molecule has 7 nitrogen and oxygen atoms in total. The Hall–Kier alpha value is -4.13. The smallest absolute Gasteiger partial charge is 0.338 e. The minimum absolute atomic E-state index is 0. The summed E-state index contributed by atoms with van der Waals surface area (Å²) in [5.74, 6) is 0.741. The largest absolute Gasteiger partial charge is 0.462 e. The van der Waals surface area contributed by atoms with E-state index in [1.165, 1.54) is 43.3 Å². The summed E-state index contributed by atoms with van der Waals surface area (Å²) in [5, 5.41) is 5.56. The van der Waals surface area contributed by atoms with Gasteiger partial charge in [0.05, 0.1) is 23.1 Å². The first kappa shape index (κ1) is 38.6. The van der Waals surface area contributed by atoms with Gasteiger partial charge in [0.25, 0.3) is 0 Å². The number of rotatable bonds is 6. The van der Waals surface area contributed by atoms with Crippen LogP contribution in [0.1, 0.15) is 132 Å². The molecule has 3 aliphatic heterocycles. The summed E-state index contributed by atoms with van der Waals surface area (Å²) in [7, 11) is 0. The first-order chi connectivity index (χ1) is 24.9. The van der Waals surface area contributed by atoms with Crippen LogP contribution in [0.2, 0.25) is 0 Å². The van der Waals surface area contributed by atoms with Gasteiger partial charge in [-0.15, -0.1) is 0 Å². The molecule has 2 fully saturated rings. The van der Waals surface area contributed by atoms with Crippen LogP contribution < -0.4 is 25.6 Å². The van der Waals surface area contributed by atoms with Crippen LogP contribution in [0.4, 0.5) is 5.69 Å². The van der Waals surface area contributed by atoms with Gasteiger partial charge in [0.1, 0.15) is 24.7 Å². The van der Waals surface area contributed by atoms with E-state index >= 15 is 0 Å². The Labute approximate surface area is 324 Å². The summed E-state index contributed by atoms with van der Waals surface area (Å²) in [5.41, 5.74) is 8.13. The molecular formula is C45H53FeN2O5+. The number of esters is 2. The second-order valence-corrected chi connectivity index (χ2v) is 16.2. The molecule has 3 aromatic carbocycles. The molecule has 0 aromatic heterocycles. The molecule has 8 heteroatoms. The Bertz CT molecular complexity index is 2090. The third kappa shape index (κ3) is 8.34. The summed E-state index contributed by atoms with van der Waals surface area (Å²) >= 11 is 0. The molecule has 8 rings (SSSR count). The molecule has 2 N–H and O–H groups in total. The zero-order chi connectivity index (χ0) is 36.6. The summed E-state index contributed by atoms with van der Waals surface area (Å²) in [6.07, 6.45) is 15.8. The predicted octanol–water partition coefficient (Wildman–Crippen LogP) is 7.38. The fourth-order valence-electron chi connectivity index (χ4n) is 8.53. The standard InChI is InChI=1S/C40H42N2O5.C5H10.Fe/c1-23-21-39(3,4)41-32-19-34-30(17-28(23)32)36(31-18-29-24(2)22-40(5,6)42-33(29)20-35(31)47-34)26-13-9-10-14-27(26)38(44)46-16-15-45-37(43)25-11-7-8-12-25;1-2-4-5-3-1;/h9-10,13-14,17-22,25,41H,7-8,11-12,15-16H2,1-6H3;1-5H2;/p+1. The average Bonchev–Trinajstić information content (AvgIpc) is 3.85. The summed E-state index contributed by atoms with van der Waals surface area (Å²) in [6, 6.07) is 16.1. The van der Waals surface area contributed by atoms with Gasteiger partial charge in [-0.3, -0.25) is 4.79 Å². The maximum absolute atomic E-state index is 13.7. The fraction of sp³-hybridized carbons (Fsp3) is 0.444. The van der Waals surface area contributed by atoms with E-state index in [1.807, 2.05) is 18.2 Å². The molecule has 0 unspecified atom stereocenters. The van der Waals surface area contributed by atoms with Crippen LogP contribution in [0.15, 0.2) is 60.7 Å². The van der Waals surface area contributed by atoms with Crippen molar-refractivity contribution in [1.29, 1.82) is 0 Å². The van der Waals surface area contributed by atoms with E-state index in [4.69, 9.17) is 14.2 Å². The normalized spacial score (nSPS) is 18.7. The molecule has 2 saturated carbocycles. The first-order valence-electron chi connectivity index (χ1n) is 19.2. The Morgan fingerprint density at radius 2 is 1.43 bits per heavy atom. The predicted molar refractivity (Wildman–Crippen MR) is 206 cm³/mol. The van der Waals surface area contributed by atoms with Gasteiger partial charge in [-0.2, -0.15) is 0 Å². The number of carbonyl (C=O) groups excluding carboxylic acids is 2. The Kier molecular flexibility index (Phi) is 11.4. The SMILES string of the molecule is C1CCCC1.CC1=CC(C)(C)Nc2cc3c(cc21)C(c1ccccc1C(=O)OCCOC(=O)C1CCCC1)=c1cc2c(cc1O3)=[NH+]C(C)(C)C=C2C.[Fe]. The number of nitrogens with one attached hydrogen (secondary N) is 2. The van der Waals surface area contributed by atoms with Crippen molar-refractivity contribution in [3.8, 4) is 11.5 Å². The van der Waals surface area contributed by atoms with Crippen LogP contribution >= 0.6 is 0 Å². The maximum Gasteiger partial charge on any atom is 0.338 e. The van der Waals surface area contributed by atoms with E-state index < -0.39 is 5.97 Å². The average molecular weight is 758 g/mol. The maximum atomic E-state index is 13.7. The van der Waals surface area contributed by atoms with Crippen molar-refractivity contribution in [1.82, 2.24) is 0 Å². The number of carbonyl (C=O) groups is 2. The molecule has 53 heavy (non-hydrogen) atoms. The number of anilines is 1. The monoisotopic (exact) mass is 757 g/mol. The first-order valence-corrected chi connectivity index (χ1v) is 19.2. The molecule has 0 spiro atoms. The van der Waals surface area contributed by atoms with E-state index in [2.05, 4.69) is 88.3 Å². The van der Waals surface area contributed by atoms with E-state index in [1.54, 1.807) is 6.07 Å². The number of hydrogen-bond acceptors (Lipinski definition) is 6. The molecule has 3 heterocycles. The molecule has 0 atom stereocenters. The second-order valence-electron chi connectivity index (χ2n) is 16.2. The van der Waals surface area contributed by atoms with Gasteiger partial charge in [0, 0.05) is 70.2 Å². The zero-order valence-corrected chi connectivity index (χ0v) is 33.1. The van der Waals surface area contributed by atoms with Gasteiger partial charge < -0.3 is 19.5 Å². The van der Waals surface area contributed by atoms with Crippen LogP contribution in [0.3, 0.4) is 0 Å². The van der Waals surface area contributed by atoms with Gasteiger partial charge in [0.2, 0.25) is 5.36 Å². The van der Waals surface area contributed by atoms with Crippen molar-refractivity contribution in [2.24, 2.45) is 5.92 Å². The third-order valence-corrected chi connectivity index (χ3v) is 10.8. The molecule has 0 bridgehead atoms. The zero-order valence-electron chi connectivity index (χ0n) is 32.0. The van der Waals surface area contributed by atoms with Gasteiger partial charge in [-0.05, 0) is 81.5 Å². The molecule has 3 aromatic rings. The summed E-state index contributed by atoms with van der Waals surface area (Å²) in [6.45, 7) is 12.9. The van der Waals surface area contributed by atoms with Gasteiger partial charge in [-0.25, -0.2) is 9.79 Å². The van der Waals surface area contributed by atoms with Crippen molar-refractivity contribution in [2.45, 2.75) is 110 Å². The Morgan fingerprint density at radius 1 is 0.774 bits per heavy atom. The molecule has 0 amide bonds. The molecule has 280 valence electrons. The number of fused-ring (bicyclic) bond motifs is 4. The van der Waals surface area contributed by atoms with E-state index in [0.29, 0.717) is 17.1 Å². The van der Waals surface area contributed by atoms with Gasteiger partial charge in [-0.1, -0.05) is 69.2 Å². The van der Waals surface area contributed by atoms with Crippen molar-refractivity contribution >= 4 is 34.3 Å². The number of hydrogen-bond donors (Lipinski definition) is 2. The van der Waals surface area contributed by atoms with Crippen molar-refractivity contribution in [2.75, 3.05) is 18.5 Å². The molecule has 0 radical (unpaired) electrons. The van der Waals surface area contributed by atoms with Gasteiger partial charge in [0.15, 0.2) is 5.54 Å².